The molecule has 0 saturated heterocycles. The molecule has 0 saturated carbocycles. The molecule has 0 atom stereocenters. The predicted molar refractivity (Wildman–Crippen MR) is 81.3 cm³/mol. The van der Waals surface area contributed by atoms with E-state index in [1.54, 1.807) is 6.07 Å². The van der Waals surface area contributed by atoms with Crippen LogP contribution in [0.2, 0.25) is 0 Å². The second-order valence-electron chi connectivity index (χ2n) is 4.61. The molecule has 20 heavy (non-hydrogen) atoms. The van der Waals surface area contributed by atoms with Crippen molar-refractivity contribution in [3.05, 3.63) is 59.4 Å². The fraction of sp³-hybridized carbons (Fsp3) is 0.188. The van der Waals surface area contributed by atoms with Gasteiger partial charge in [0.15, 0.2) is 0 Å². The summed E-state index contributed by atoms with van der Waals surface area (Å²) in [7, 11) is 0. The molecule has 0 aliphatic rings. The van der Waals surface area contributed by atoms with Crippen LogP contribution in [0.3, 0.4) is 0 Å². The lowest BCUT2D eigenvalue weighted by molar-refractivity contribution is 0.627. The van der Waals surface area contributed by atoms with Crippen LogP contribution in [0.15, 0.2) is 42.5 Å². The minimum absolute atomic E-state index is 0.133. The van der Waals surface area contributed by atoms with Crippen LogP contribution in [0.1, 0.15) is 18.1 Å². The van der Waals surface area contributed by atoms with Gasteiger partial charge in [-0.15, -0.1) is 0 Å². The Morgan fingerprint density at radius 3 is 2.50 bits per heavy atom. The highest BCUT2D eigenvalue weighted by Gasteiger charge is 2.15. The molecule has 0 spiro atoms. The largest absolute Gasteiger partial charge is 0.384 e. The molecule has 4 heteroatoms. The first-order valence-electron chi connectivity index (χ1n) is 6.51. The van der Waals surface area contributed by atoms with Crippen molar-refractivity contribution in [2.45, 2.75) is 13.8 Å². The third kappa shape index (κ3) is 2.64. The number of hydrogen-bond donors (Lipinski definition) is 2. The number of aryl methyl sites for hydroxylation is 1. The summed E-state index contributed by atoms with van der Waals surface area (Å²) in [6.07, 6.45) is 0. The number of halogens is 1. The van der Waals surface area contributed by atoms with Crippen molar-refractivity contribution >= 4 is 17.2 Å². The van der Waals surface area contributed by atoms with E-state index in [9.17, 15) is 4.39 Å². The first-order valence-corrected chi connectivity index (χ1v) is 6.51. The summed E-state index contributed by atoms with van der Waals surface area (Å²) < 4.78 is 13.4. The number of anilines is 2. The zero-order valence-electron chi connectivity index (χ0n) is 11.7. The van der Waals surface area contributed by atoms with Gasteiger partial charge in [0.05, 0.1) is 5.69 Å². The highest BCUT2D eigenvalue weighted by Crippen LogP contribution is 2.30. The maximum absolute atomic E-state index is 13.4. The zero-order chi connectivity index (χ0) is 14.7. The lowest BCUT2D eigenvalue weighted by atomic mass is 10.1. The number of nitrogen functional groups attached to an aromatic ring is 1. The van der Waals surface area contributed by atoms with E-state index in [0.717, 1.165) is 16.9 Å². The monoisotopic (exact) mass is 271 g/mol. The van der Waals surface area contributed by atoms with Crippen molar-refractivity contribution < 1.29 is 4.39 Å². The van der Waals surface area contributed by atoms with Crippen molar-refractivity contribution in [1.29, 1.82) is 5.41 Å². The van der Waals surface area contributed by atoms with Crippen LogP contribution in [0.25, 0.3) is 0 Å². The van der Waals surface area contributed by atoms with Gasteiger partial charge >= 0.3 is 0 Å². The Bertz CT molecular complexity index is 637. The van der Waals surface area contributed by atoms with Gasteiger partial charge in [0, 0.05) is 17.8 Å². The number of nitrogens with one attached hydrogen (secondary N) is 1. The van der Waals surface area contributed by atoms with Gasteiger partial charge in [0.2, 0.25) is 0 Å². The van der Waals surface area contributed by atoms with Crippen LogP contribution in [0, 0.1) is 18.2 Å². The molecule has 3 nitrogen and oxygen atoms in total. The summed E-state index contributed by atoms with van der Waals surface area (Å²) in [5, 5.41) is 7.64. The quantitative estimate of drug-likeness (QED) is 0.659. The summed E-state index contributed by atoms with van der Waals surface area (Å²) >= 11 is 0. The van der Waals surface area contributed by atoms with Gasteiger partial charge in [-0.3, -0.25) is 5.41 Å². The summed E-state index contributed by atoms with van der Waals surface area (Å²) in [4.78, 5) is 2.03. The molecule has 0 aromatic heterocycles. The molecule has 2 aromatic rings. The second-order valence-corrected chi connectivity index (χ2v) is 4.61. The average molecular weight is 271 g/mol. The lowest BCUT2D eigenvalue weighted by Crippen LogP contribution is -2.22. The number of amidine groups is 1. The van der Waals surface area contributed by atoms with Crippen LogP contribution in [-0.4, -0.2) is 12.4 Å². The Labute approximate surface area is 118 Å². The molecule has 0 heterocycles. The topological polar surface area (TPSA) is 53.1 Å². The van der Waals surface area contributed by atoms with E-state index in [2.05, 4.69) is 0 Å². The zero-order valence-corrected chi connectivity index (χ0v) is 11.7. The molecule has 104 valence electrons. The molecule has 0 unspecified atom stereocenters. The van der Waals surface area contributed by atoms with Gasteiger partial charge in [-0.25, -0.2) is 4.39 Å². The summed E-state index contributed by atoms with van der Waals surface area (Å²) in [6, 6.07) is 12.3. The van der Waals surface area contributed by atoms with Crippen LogP contribution >= 0.6 is 0 Å². The average Bonchev–Trinajstić information content (AvgIpc) is 2.42. The molecule has 0 bridgehead atoms. The van der Waals surface area contributed by atoms with E-state index in [-0.39, 0.29) is 11.7 Å². The molecule has 0 aliphatic carbocycles. The molecule has 2 rings (SSSR count). The molecular weight excluding hydrogens is 253 g/mol. The Morgan fingerprint density at radius 2 is 1.90 bits per heavy atom. The fourth-order valence-corrected chi connectivity index (χ4v) is 2.30. The SMILES string of the molecule is CCN(c1ccccc1C)c1ccc(F)cc1C(=N)N. The first kappa shape index (κ1) is 14.1. The number of benzene rings is 2. The Morgan fingerprint density at radius 1 is 1.20 bits per heavy atom. The van der Waals surface area contributed by atoms with Gasteiger partial charge in [-0.2, -0.15) is 0 Å². The van der Waals surface area contributed by atoms with Gasteiger partial charge in [0.1, 0.15) is 11.7 Å². The molecule has 0 amide bonds. The van der Waals surface area contributed by atoms with E-state index < -0.39 is 0 Å². The molecule has 0 fully saturated rings. The van der Waals surface area contributed by atoms with Crippen molar-refractivity contribution in [3.8, 4) is 0 Å². The van der Waals surface area contributed by atoms with E-state index in [4.69, 9.17) is 11.1 Å². The highest BCUT2D eigenvalue weighted by atomic mass is 19.1. The Balaban J connectivity index is 2.58. The van der Waals surface area contributed by atoms with Crippen molar-refractivity contribution in [3.63, 3.8) is 0 Å². The predicted octanol–water partition coefficient (Wildman–Crippen LogP) is 3.58. The van der Waals surface area contributed by atoms with E-state index >= 15 is 0 Å². The minimum Gasteiger partial charge on any atom is -0.384 e. The van der Waals surface area contributed by atoms with E-state index in [1.165, 1.54) is 12.1 Å². The number of nitrogens with zero attached hydrogens (tertiary/aromatic N) is 1. The van der Waals surface area contributed by atoms with Crippen LogP contribution < -0.4 is 10.6 Å². The van der Waals surface area contributed by atoms with E-state index in [1.807, 2.05) is 43.0 Å². The van der Waals surface area contributed by atoms with Gasteiger partial charge in [0.25, 0.3) is 0 Å². The van der Waals surface area contributed by atoms with Crippen LogP contribution in [-0.2, 0) is 0 Å². The first-order chi connectivity index (χ1) is 9.54. The second kappa shape index (κ2) is 5.74. The molecule has 0 radical (unpaired) electrons. The smallest absolute Gasteiger partial charge is 0.125 e. The standard InChI is InChI=1S/C16H18FN3/c1-3-20(14-7-5-4-6-11(14)2)15-9-8-12(17)10-13(15)16(18)19/h4-10H,3H2,1-2H3,(H3,18,19). The lowest BCUT2D eigenvalue weighted by Gasteiger charge is -2.27. The van der Waals surface area contributed by atoms with Crippen molar-refractivity contribution in [2.75, 3.05) is 11.4 Å². The maximum atomic E-state index is 13.4. The molecule has 0 aliphatic heterocycles. The van der Waals surface area contributed by atoms with Gasteiger partial charge < -0.3 is 10.6 Å². The van der Waals surface area contributed by atoms with Crippen LogP contribution in [0.5, 0.6) is 0 Å². The number of hydrogen-bond acceptors (Lipinski definition) is 2. The summed E-state index contributed by atoms with van der Waals surface area (Å²) in [5.41, 5.74) is 8.89. The van der Waals surface area contributed by atoms with Crippen molar-refractivity contribution in [2.24, 2.45) is 5.73 Å². The van der Waals surface area contributed by atoms with Crippen LogP contribution in [0.4, 0.5) is 15.8 Å². The summed E-state index contributed by atoms with van der Waals surface area (Å²) in [5.74, 6) is -0.522. The van der Waals surface area contributed by atoms with Gasteiger partial charge in [-0.05, 0) is 43.7 Å². The van der Waals surface area contributed by atoms with E-state index in [0.29, 0.717) is 12.1 Å². The number of para-hydroxylation sites is 1. The number of rotatable bonds is 4. The normalized spacial score (nSPS) is 10.3. The van der Waals surface area contributed by atoms with Crippen molar-refractivity contribution in [1.82, 2.24) is 0 Å². The molecular formula is C16H18FN3. The highest BCUT2D eigenvalue weighted by molar-refractivity contribution is 6.01. The summed E-state index contributed by atoms with van der Waals surface area (Å²) in [6.45, 7) is 4.74. The third-order valence-electron chi connectivity index (χ3n) is 3.26. The molecule has 2 aromatic carbocycles. The Kier molecular flexibility index (Phi) is 4.03. The fourth-order valence-electron chi connectivity index (χ4n) is 2.30. The Hall–Kier alpha value is -2.36. The maximum Gasteiger partial charge on any atom is 0.125 e. The molecule has 3 N–H and O–H groups in total. The minimum atomic E-state index is -0.389. The third-order valence-corrected chi connectivity index (χ3v) is 3.26. The number of nitrogens with two attached hydrogens (primary N) is 1. The van der Waals surface area contributed by atoms with Gasteiger partial charge in [-0.1, -0.05) is 18.2 Å².